The first-order valence-corrected chi connectivity index (χ1v) is 6.57. The Labute approximate surface area is 98.1 Å². The largest absolute Gasteiger partial charge is 0.234 e. The molecule has 0 bridgehead atoms. The molecule has 0 aliphatic heterocycles. The fourth-order valence-corrected chi connectivity index (χ4v) is 4.37. The summed E-state index contributed by atoms with van der Waals surface area (Å²) in [6, 6.07) is 0. The van der Waals surface area contributed by atoms with Crippen LogP contribution in [-0.4, -0.2) is 4.98 Å². The van der Waals surface area contributed by atoms with E-state index in [1.807, 2.05) is 0 Å². The quantitative estimate of drug-likeness (QED) is 0.692. The van der Waals surface area contributed by atoms with Crippen LogP contribution in [0.2, 0.25) is 0 Å². The number of nitrogens with zero attached hydrogens (tertiary/aromatic N) is 1. The van der Waals surface area contributed by atoms with Crippen LogP contribution in [-0.2, 0) is 11.8 Å². The third-order valence-corrected chi connectivity index (χ3v) is 4.77. The summed E-state index contributed by atoms with van der Waals surface area (Å²) in [5.41, 5.74) is 1.99. The first-order chi connectivity index (χ1) is 6.30. The highest BCUT2D eigenvalue weighted by molar-refractivity contribution is 9.11. The molecule has 1 heterocycles. The molecule has 0 unspecified atom stereocenters. The zero-order valence-corrected chi connectivity index (χ0v) is 11.6. The van der Waals surface area contributed by atoms with Crippen molar-refractivity contribution < 1.29 is 0 Å². The molecular weight excluding hydrogens is 258 g/mol. The van der Waals surface area contributed by atoms with Crippen molar-refractivity contribution in [2.45, 2.75) is 46.0 Å². The summed E-state index contributed by atoms with van der Waals surface area (Å²) in [5.74, 6) is 0. The van der Waals surface area contributed by atoms with Crippen molar-refractivity contribution in [1.82, 2.24) is 4.98 Å². The van der Waals surface area contributed by atoms with Gasteiger partial charge in [-0.25, -0.2) is 4.98 Å². The first kappa shape index (κ1) is 10.6. The molecule has 0 atom stereocenters. The maximum absolute atomic E-state index is 4.58. The maximum atomic E-state index is 4.58. The van der Waals surface area contributed by atoms with E-state index in [4.69, 9.17) is 0 Å². The minimum Gasteiger partial charge on any atom is -0.234 e. The van der Waals surface area contributed by atoms with Crippen LogP contribution in [0.15, 0.2) is 3.92 Å². The van der Waals surface area contributed by atoms with Crippen molar-refractivity contribution in [3.05, 3.63) is 14.5 Å². The Morgan fingerprint density at radius 1 is 1.29 bits per heavy atom. The number of hydrogen-bond acceptors (Lipinski definition) is 2. The number of halogens is 1. The molecule has 0 saturated carbocycles. The molecule has 14 heavy (non-hydrogen) atoms. The molecule has 78 valence electrons. The summed E-state index contributed by atoms with van der Waals surface area (Å²) in [6.45, 7) is 9.34. The Morgan fingerprint density at radius 2 is 1.93 bits per heavy atom. The fraction of sp³-hybridized carbons (Fsp3) is 0.727. The Bertz CT molecular complexity index is 365. The van der Waals surface area contributed by atoms with Gasteiger partial charge in [-0.1, -0.05) is 27.7 Å². The number of hydrogen-bond donors (Lipinski definition) is 0. The summed E-state index contributed by atoms with van der Waals surface area (Å²) in [6.07, 6.45) is 2.37. The van der Waals surface area contributed by atoms with E-state index < -0.39 is 0 Å². The molecule has 1 aromatic rings. The summed E-state index contributed by atoms with van der Waals surface area (Å²) < 4.78 is 1.04. The van der Waals surface area contributed by atoms with Crippen LogP contribution in [0.25, 0.3) is 0 Å². The number of fused-ring (bicyclic) bond motifs is 1. The van der Waals surface area contributed by atoms with Crippen LogP contribution in [0.4, 0.5) is 0 Å². The van der Waals surface area contributed by atoms with Gasteiger partial charge in [0.15, 0.2) is 3.92 Å². The average molecular weight is 274 g/mol. The van der Waals surface area contributed by atoms with Gasteiger partial charge in [-0.15, -0.1) is 11.3 Å². The van der Waals surface area contributed by atoms with E-state index in [0.717, 1.165) is 10.3 Å². The highest BCUT2D eigenvalue weighted by Crippen LogP contribution is 2.48. The number of rotatable bonds is 0. The first-order valence-electron chi connectivity index (χ1n) is 4.96. The highest BCUT2D eigenvalue weighted by atomic mass is 79.9. The topological polar surface area (TPSA) is 12.9 Å². The summed E-state index contributed by atoms with van der Waals surface area (Å²) in [4.78, 5) is 6.05. The zero-order valence-electron chi connectivity index (χ0n) is 9.15. The lowest BCUT2D eigenvalue weighted by Crippen LogP contribution is -2.33. The van der Waals surface area contributed by atoms with Crippen molar-refractivity contribution in [2.24, 2.45) is 5.41 Å². The van der Waals surface area contributed by atoms with Gasteiger partial charge in [0, 0.05) is 10.3 Å². The molecule has 0 radical (unpaired) electrons. The second-order valence-electron chi connectivity index (χ2n) is 5.64. The predicted molar refractivity (Wildman–Crippen MR) is 64.9 cm³/mol. The minimum atomic E-state index is 0.292. The fourth-order valence-electron chi connectivity index (χ4n) is 2.76. The van der Waals surface area contributed by atoms with E-state index in [0.29, 0.717) is 10.8 Å². The molecule has 0 N–H and O–H groups in total. The summed E-state index contributed by atoms with van der Waals surface area (Å²) in [5, 5.41) is 0. The van der Waals surface area contributed by atoms with Gasteiger partial charge in [-0.3, -0.25) is 0 Å². The monoisotopic (exact) mass is 273 g/mol. The Kier molecular flexibility index (Phi) is 2.31. The van der Waals surface area contributed by atoms with E-state index in [2.05, 4.69) is 48.6 Å². The van der Waals surface area contributed by atoms with Crippen LogP contribution >= 0.6 is 27.3 Å². The van der Waals surface area contributed by atoms with Crippen LogP contribution < -0.4 is 0 Å². The van der Waals surface area contributed by atoms with Crippen molar-refractivity contribution >= 4 is 27.3 Å². The number of aromatic nitrogens is 1. The molecule has 0 fully saturated rings. The average Bonchev–Trinajstić information content (AvgIpc) is 2.25. The molecular formula is C11H16BrNS. The van der Waals surface area contributed by atoms with Crippen LogP contribution in [0.3, 0.4) is 0 Å². The van der Waals surface area contributed by atoms with Gasteiger partial charge in [0.25, 0.3) is 0 Å². The van der Waals surface area contributed by atoms with Gasteiger partial charge in [0.2, 0.25) is 0 Å². The smallest absolute Gasteiger partial charge is 0.159 e. The minimum absolute atomic E-state index is 0.292. The van der Waals surface area contributed by atoms with Gasteiger partial charge >= 0.3 is 0 Å². The second-order valence-corrected chi connectivity index (χ2v) is 7.92. The predicted octanol–water partition coefficient (Wildman–Crippen LogP) is 4.16. The third kappa shape index (κ3) is 1.76. The third-order valence-electron chi connectivity index (χ3n) is 2.85. The molecule has 0 spiro atoms. The molecule has 1 aliphatic rings. The van der Waals surface area contributed by atoms with Crippen molar-refractivity contribution in [2.75, 3.05) is 0 Å². The number of thiazole rings is 1. The molecule has 1 aromatic heterocycles. The summed E-state index contributed by atoms with van der Waals surface area (Å²) >= 11 is 5.29. The lowest BCUT2D eigenvalue weighted by atomic mass is 9.67. The van der Waals surface area contributed by atoms with Crippen molar-refractivity contribution in [3.63, 3.8) is 0 Å². The molecule has 2 rings (SSSR count). The van der Waals surface area contributed by atoms with Crippen molar-refractivity contribution in [3.8, 4) is 0 Å². The second kappa shape index (κ2) is 3.05. The van der Waals surface area contributed by atoms with E-state index in [-0.39, 0.29) is 0 Å². The standard InChI is InChI=1S/C11H16BrNS/c1-10(2)5-7-8(11(3,4)6-10)14-9(12)13-7/h5-6H2,1-4H3. The van der Waals surface area contributed by atoms with Gasteiger partial charge in [0.05, 0.1) is 5.69 Å². The Hall–Kier alpha value is 0.110. The Morgan fingerprint density at radius 3 is 2.57 bits per heavy atom. The maximum Gasteiger partial charge on any atom is 0.159 e. The van der Waals surface area contributed by atoms with E-state index in [1.54, 1.807) is 11.3 Å². The molecule has 1 nitrogen and oxygen atoms in total. The lowest BCUT2D eigenvalue weighted by molar-refractivity contribution is 0.232. The van der Waals surface area contributed by atoms with Crippen LogP contribution in [0, 0.1) is 5.41 Å². The van der Waals surface area contributed by atoms with E-state index in [1.165, 1.54) is 17.0 Å². The zero-order chi connectivity index (χ0) is 10.6. The van der Waals surface area contributed by atoms with Gasteiger partial charge in [0.1, 0.15) is 0 Å². The van der Waals surface area contributed by atoms with Gasteiger partial charge in [-0.05, 0) is 34.2 Å². The van der Waals surface area contributed by atoms with Gasteiger partial charge in [-0.2, -0.15) is 0 Å². The Balaban J connectivity index is 2.52. The normalized spacial score (nSPS) is 23.2. The van der Waals surface area contributed by atoms with Crippen molar-refractivity contribution in [1.29, 1.82) is 0 Å². The molecule has 0 amide bonds. The molecule has 1 aliphatic carbocycles. The van der Waals surface area contributed by atoms with E-state index >= 15 is 0 Å². The molecule has 0 aromatic carbocycles. The van der Waals surface area contributed by atoms with Crippen LogP contribution in [0.1, 0.15) is 44.7 Å². The lowest BCUT2D eigenvalue weighted by Gasteiger charge is -2.39. The summed E-state index contributed by atoms with van der Waals surface area (Å²) in [7, 11) is 0. The van der Waals surface area contributed by atoms with E-state index in [9.17, 15) is 0 Å². The molecule has 3 heteroatoms. The van der Waals surface area contributed by atoms with Gasteiger partial charge < -0.3 is 0 Å². The SMILES string of the molecule is CC1(C)Cc2nc(Br)sc2C(C)(C)C1. The van der Waals surface area contributed by atoms with Crippen LogP contribution in [0.5, 0.6) is 0 Å². The highest BCUT2D eigenvalue weighted by Gasteiger charge is 2.39. The molecule has 0 saturated heterocycles.